The van der Waals surface area contributed by atoms with Crippen LogP contribution in [0.15, 0.2) is 42.5 Å². The molecule has 0 radical (unpaired) electrons. The van der Waals surface area contributed by atoms with Crippen molar-refractivity contribution in [3.63, 3.8) is 0 Å². The molecule has 0 saturated carbocycles. The molecule has 0 fully saturated rings. The smallest absolute Gasteiger partial charge is 0.229 e. The Labute approximate surface area is 168 Å². The first-order valence-electron chi connectivity index (χ1n) is 9.16. The van der Waals surface area contributed by atoms with Crippen molar-refractivity contribution in [3.05, 3.63) is 48.2 Å². The van der Waals surface area contributed by atoms with Crippen molar-refractivity contribution in [1.82, 2.24) is 9.97 Å². The summed E-state index contributed by atoms with van der Waals surface area (Å²) in [7, 11) is 3.24. The highest BCUT2D eigenvalue weighted by atomic mass is 16.6. The number of aryl methyl sites for hydroxylation is 1. The third-order valence-electron chi connectivity index (χ3n) is 4.32. The number of methoxy groups -OCH3 is 2. The molecule has 2 N–H and O–H groups in total. The lowest BCUT2D eigenvalue weighted by Crippen LogP contribution is -2.15. The molecule has 0 atom stereocenters. The average Bonchev–Trinajstić information content (AvgIpc) is 2.73. The van der Waals surface area contributed by atoms with Gasteiger partial charge in [-0.3, -0.25) is 0 Å². The summed E-state index contributed by atoms with van der Waals surface area (Å²) in [5.41, 5.74) is 2.37. The van der Waals surface area contributed by atoms with Gasteiger partial charge in [-0.2, -0.15) is 4.98 Å². The molecule has 29 heavy (non-hydrogen) atoms. The lowest BCUT2D eigenvalue weighted by molar-refractivity contribution is 0.171. The van der Waals surface area contributed by atoms with Crippen LogP contribution in [0.1, 0.15) is 5.69 Å². The molecule has 0 spiro atoms. The van der Waals surface area contributed by atoms with Crippen molar-refractivity contribution in [2.45, 2.75) is 6.92 Å². The number of anilines is 4. The van der Waals surface area contributed by atoms with Crippen molar-refractivity contribution < 1.29 is 18.9 Å². The van der Waals surface area contributed by atoms with Gasteiger partial charge in [-0.1, -0.05) is 0 Å². The van der Waals surface area contributed by atoms with Gasteiger partial charge in [0.2, 0.25) is 5.95 Å². The Hall–Kier alpha value is -3.68. The monoisotopic (exact) mass is 394 g/mol. The van der Waals surface area contributed by atoms with Crippen LogP contribution in [0.3, 0.4) is 0 Å². The van der Waals surface area contributed by atoms with Crippen LogP contribution in [-0.2, 0) is 0 Å². The van der Waals surface area contributed by atoms with Crippen LogP contribution in [0.2, 0.25) is 0 Å². The first kappa shape index (κ1) is 18.7. The van der Waals surface area contributed by atoms with Crippen molar-refractivity contribution in [1.29, 1.82) is 0 Å². The number of nitrogens with zero attached hydrogens (tertiary/aromatic N) is 2. The van der Waals surface area contributed by atoms with E-state index in [1.165, 1.54) is 0 Å². The Balaban J connectivity index is 1.58. The number of fused-ring (bicyclic) bond motifs is 1. The van der Waals surface area contributed by atoms with Crippen molar-refractivity contribution in [2.24, 2.45) is 0 Å². The molecule has 0 unspecified atom stereocenters. The fraction of sp³-hybridized carbons (Fsp3) is 0.238. The molecule has 150 valence electrons. The van der Waals surface area contributed by atoms with E-state index >= 15 is 0 Å². The summed E-state index contributed by atoms with van der Waals surface area (Å²) in [4.78, 5) is 9.03. The van der Waals surface area contributed by atoms with Crippen LogP contribution in [0.25, 0.3) is 0 Å². The summed E-state index contributed by atoms with van der Waals surface area (Å²) in [5.74, 6) is 3.93. The molecule has 4 rings (SSSR count). The summed E-state index contributed by atoms with van der Waals surface area (Å²) >= 11 is 0. The normalized spacial score (nSPS) is 12.2. The number of aromatic nitrogens is 2. The molecule has 0 saturated heterocycles. The van der Waals surface area contributed by atoms with Gasteiger partial charge in [-0.05, 0) is 31.2 Å². The predicted octanol–water partition coefficient (Wildman–Crippen LogP) is 4.06. The summed E-state index contributed by atoms with van der Waals surface area (Å²) in [5, 5.41) is 6.49. The quantitative estimate of drug-likeness (QED) is 0.647. The average molecular weight is 394 g/mol. The Bertz CT molecular complexity index is 1030. The Morgan fingerprint density at radius 2 is 1.69 bits per heavy atom. The number of hydrogen-bond acceptors (Lipinski definition) is 8. The van der Waals surface area contributed by atoms with Crippen LogP contribution in [0.4, 0.5) is 23.1 Å². The minimum Gasteiger partial charge on any atom is -0.497 e. The Kier molecular flexibility index (Phi) is 5.24. The number of rotatable bonds is 6. The fourth-order valence-corrected chi connectivity index (χ4v) is 2.99. The Morgan fingerprint density at radius 3 is 2.48 bits per heavy atom. The van der Waals surface area contributed by atoms with Gasteiger partial charge in [-0.25, -0.2) is 4.98 Å². The van der Waals surface area contributed by atoms with Crippen molar-refractivity contribution in [3.8, 4) is 23.0 Å². The van der Waals surface area contributed by atoms with Crippen LogP contribution in [0, 0.1) is 6.92 Å². The maximum Gasteiger partial charge on any atom is 0.229 e. The fourth-order valence-electron chi connectivity index (χ4n) is 2.99. The molecule has 8 heteroatoms. The molecule has 8 nitrogen and oxygen atoms in total. The van der Waals surface area contributed by atoms with Crippen molar-refractivity contribution in [2.75, 3.05) is 38.1 Å². The van der Waals surface area contributed by atoms with Crippen LogP contribution >= 0.6 is 0 Å². The van der Waals surface area contributed by atoms with Gasteiger partial charge in [0.15, 0.2) is 11.5 Å². The largest absolute Gasteiger partial charge is 0.497 e. The molecule has 0 aliphatic carbocycles. The van der Waals surface area contributed by atoms with Gasteiger partial charge in [-0.15, -0.1) is 0 Å². The topological polar surface area (TPSA) is 86.8 Å². The highest BCUT2D eigenvalue weighted by Gasteiger charge is 2.13. The molecular weight excluding hydrogens is 372 g/mol. The molecule has 3 aromatic rings. The summed E-state index contributed by atoms with van der Waals surface area (Å²) < 4.78 is 21.9. The van der Waals surface area contributed by atoms with E-state index in [4.69, 9.17) is 18.9 Å². The molecule has 2 heterocycles. The second-order valence-electron chi connectivity index (χ2n) is 6.39. The molecule has 0 amide bonds. The van der Waals surface area contributed by atoms with Gasteiger partial charge < -0.3 is 29.6 Å². The predicted molar refractivity (Wildman–Crippen MR) is 110 cm³/mol. The van der Waals surface area contributed by atoms with E-state index in [0.29, 0.717) is 42.2 Å². The summed E-state index contributed by atoms with van der Waals surface area (Å²) in [6, 6.07) is 13.0. The first-order chi connectivity index (χ1) is 14.1. The highest BCUT2D eigenvalue weighted by Crippen LogP contribution is 2.34. The standard InChI is InChI=1S/C21H22N4O4/c1-13-10-20(24-16-12-15(26-2)5-7-17(16)27-3)25-21(22-13)23-14-4-6-18-19(11-14)29-9-8-28-18/h4-7,10-12H,8-9H2,1-3H3,(H2,22,23,24,25). The van der Waals surface area contributed by atoms with E-state index < -0.39 is 0 Å². The van der Waals surface area contributed by atoms with E-state index in [1.54, 1.807) is 14.2 Å². The third kappa shape index (κ3) is 4.26. The summed E-state index contributed by atoms with van der Waals surface area (Å²) in [6.45, 7) is 3.00. The molecule has 1 aliphatic heterocycles. The van der Waals surface area contributed by atoms with E-state index in [1.807, 2.05) is 49.4 Å². The maximum atomic E-state index is 5.63. The number of benzene rings is 2. The lowest BCUT2D eigenvalue weighted by Gasteiger charge is -2.19. The van der Waals surface area contributed by atoms with Gasteiger partial charge >= 0.3 is 0 Å². The van der Waals surface area contributed by atoms with E-state index in [9.17, 15) is 0 Å². The zero-order valence-electron chi connectivity index (χ0n) is 16.5. The third-order valence-corrected chi connectivity index (χ3v) is 4.32. The minimum atomic E-state index is 0.464. The van der Waals surface area contributed by atoms with Gasteiger partial charge in [0.05, 0.1) is 19.9 Å². The molecule has 2 aromatic carbocycles. The van der Waals surface area contributed by atoms with Crippen LogP contribution in [0.5, 0.6) is 23.0 Å². The second kappa shape index (κ2) is 8.14. The minimum absolute atomic E-state index is 0.464. The zero-order valence-corrected chi connectivity index (χ0v) is 16.5. The first-order valence-corrected chi connectivity index (χ1v) is 9.16. The van der Waals surface area contributed by atoms with Gasteiger partial charge in [0.25, 0.3) is 0 Å². The number of hydrogen-bond donors (Lipinski definition) is 2. The van der Waals surface area contributed by atoms with Gasteiger partial charge in [0, 0.05) is 29.6 Å². The van der Waals surface area contributed by atoms with Crippen LogP contribution in [-0.4, -0.2) is 37.4 Å². The number of ether oxygens (including phenoxy) is 4. The van der Waals surface area contributed by atoms with Crippen molar-refractivity contribution >= 4 is 23.1 Å². The molecule has 1 aliphatic rings. The highest BCUT2D eigenvalue weighted by molar-refractivity contribution is 5.68. The Morgan fingerprint density at radius 1 is 0.862 bits per heavy atom. The molecule has 0 bridgehead atoms. The SMILES string of the molecule is COc1ccc(OC)c(Nc2cc(C)nc(Nc3ccc4c(c3)OCCO4)n2)c1. The zero-order chi connectivity index (χ0) is 20.2. The second-order valence-corrected chi connectivity index (χ2v) is 6.39. The molecule has 1 aromatic heterocycles. The lowest BCUT2D eigenvalue weighted by atomic mass is 10.2. The number of nitrogens with one attached hydrogen (secondary N) is 2. The maximum absolute atomic E-state index is 5.63. The van der Waals surface area contributed by atoms with Crippen LogP contribution < -0.4 is 29.6 Å². The van der Waals surface area contributed by atoms with E-state index in [-0.39, 0.29) is 0 Å². The van der Waals surface area contributed by atoms with Gasteiger partial charge in [0.1, 0.15) is 30.5 Å². The summed E-state index contributed by atoms with van der Waals surface area (Å²) in [6.07, 6.45) is 0. The van der Waals surface area contributed by atoms with E-state index in [2.05, 4.69) is 20.6 Å². The molecular formula is C21H22N4O4. The van der Waals surface area contributed by atoms with E-state index in [0.717, 1.165) is 22.8 Å².